The van der Waals surface area contributed by atoms with Crippen LogP contribution in [-0.4, -0.2) is 53.0 Å². The van der Waals surface area contributed by atoms with Gasteiger partial charge in [0.15, 0.2) is 17.3 Å². The Labute approximate surface area is 165 Å². The molecule has 0 radical (unpaired) electrons. The Kier molecular flexibility index (Phi) is 5.62. The van der Waals surface area contributed by atoms with E-state index in [1.807, 2.05) is 42.2 Å². The topological polar surface area (TPSA) is 64.4 Å². The quantitative estimate of drug-likeness (QED) is 0.602. The van der Waals surface area contributed by atoms with Crippen LogP contribution in [0.5, 0.6) is 11.5 Å². The molecule has 0 bridgehead atoms. The Morgan fingerprint density at radius 3 is 2.82 bits per heavy atom. The normalized spacial score (nSPS) is 14.5. The lowest BCUT2D eigenvalue weighted by Crippen LogP contribution is -2.21. The summed E-state index contributed by atoms with van der Waals surface area (Å²) in [5, 5.41) is 8.98. The number of methoxy groups -OCH3 is 1. The third-order valence-electron chi connectivity index (χ3n) is 5.16. The molecule has 1 aromatic carbocycles. The third kappa shape index (κ3) is 4.04. The minimum Gasteiger partial charge on any atom is -0.493 e. The molecule has 2 aromatic heterocycles. The fourth-order valence-corrected chi connectivity index (χ4v) is 3.67. The van der Waals surface area contributed by atoms with Crippen molar-refractivity contribution in [2.45, 2.75) is 19.3 Å². The zero-order valence-electron chi connectivity index (χ0n) is 16.5. The van der Waals surface area contributed by atoms with Crippen LogP contribution in [0.4, 0.5) is 11.5 Å². The first-order valence-corrected chi connectivity index (χ1v) is 9.81. The summed E-state index contributed by atoms with van der Waals surface area (Å²) in [7, 11) is 3.58. The molecule has 7 heteroatoms. The maximum Gasteiger partial charge on any atom is 0.163 e. The smallest absolute Gasteiger partial charge is 0.163 e. The zero-order valence-corrected chi connectivity index (χ0v) is 16.5. The van der Waals surface area contributed by atoms with Gasteiger partial charge in [-0.1, -0.05) is 0 Å². The van der Waals surface area contributed by atoms with E-state index in [0.717, 1.165) is 46.9 Å². The number of nitrogens with zero attached hydrogens (tertiary/aromatic N) is 4. The maximum absolute atomic E-state index is 6.03. The van der Waals surface area contributed by atoms with Gasteiger partial charge in [-0.2, -0.15) is 5.10 Å². The molecule has 1 aliphatic heterocycles. The number of pyridine rings is 1. The van der Waals surface area contributed by atoms with Gasteiger partial charge in [0.1, 0.15) is 0 Å². The van der Waals surface area contributed by atoms with Gasteiger partial charge in [-0.15, -0.1) is 0 Å². The van der Waals surface area contributed by atoms with Crippen molar-refractivity contribution >= 4 is 22.4 Å². The third-order valence-corrected chi connectivity index (χ3v) is 5.16. The second-order valence-corrected chi connectivity index (χ2v) is 7.11. The summed E-state index contributed by atoms with van der Waals surface area (Å²) < 4.78 is 13.3. The monoisotopic (exact) mass is 381 g/mol. The minimum absolute atomic E-state index is 0.675. The van der Waals surface area contributed by atoms with Gasteiger partial charge in [0, 0.05) is 36.9 Å². The molecule has 28 heavy (non-hydrogen) atoms. The molecular formula is C21H27N5O2. The van der Waals surface area contributed by atoms with Crippen molar-refractivity contribution in [3.8, 4) is 11.5 Å². The van der Waals surface area contributed by atoms with E-state index in [0.29, 0.717) is 6.61 Å². The summed E-state index contributed by atoms with van der Waals surface area (Å²) in [6, 6.07) is 7.82. The van der Waals surface area contributed by atoms with Crippen LogP contribution in [0, 0.1) is 0 Å². The highest BCUT2D eigenvalue weighted by atomic mass is 16.5. The van der Waals surface area contributed by atoms with Crippen LogP contribution in [-0.2, 0) is 7.05 Å². The van der Waals surface area contributed by atoms with Gasteiger partial charge in [-0.25, -0.2) is 0 Å². The van der Waals surface area contributed by atoms with Crippen LogP contribution in [0.15, 0.2) is 36.7 Å². The number of likely N-dealkylation sites (tertiary alicyclic amines) is 1. The first-order valence-electron chi connectivity index (χ1n) is 9.81. The van der Waals surface area contributed by atoms with E-state index < -0.39 is 0 Å². The van der Waals surface area contributed by atoms with Gasteiger partial charge in [-0.05, 0) is 50.6 Å². The predicted octanol–water partition coefficient (Wildman–Crippen LogP) is 3.59. The number of anilines is 2. The summed E-state index contributed by atoms with van der Waals surface area (Å²) in [4.78, 5) is 6.67. The Morgan fingerprint density at radius 2 is 2.00 bits per heavy atom. The molecule has 0 saturated carbocycles. The lowest BCUT2D eigenvalue weighted by Gasteiger charge is -2.16. The highest BCUT2D eigenvalue weighted by Crippen LogP contribution is 2.32. The number of benzene rings is 1. The van der Waals surface area contributed by atoms with Crippen LogP contribution >= 0.6 is 0 Å². The number of nitrogens with one attached hydrogen (secondary N) is 1. The minimum atomic E-state index is 0.675. The molecule has 0 unspecified atom stereocenters. The van der Waals surface area contributed by atoms with Crippen molar-refractivity contribution in [3.05, 3.63) is 36.7 Å². The van der Waals surface area contributed by atoms with Crippen LogP contribution in [0.1, 0.15) is 19.3 Å². The molecule has 3 aromatic rings. The number of hydrogen-bond donors (Lipinski definition) is 1. The van der Waals surface area contributed by atoms with Crippen molar-refractivity contribution in [2.24, 2.45) is 7.05 Å². The summed E-state index contributed by atoms with van der Waals surface area (Å²) in [6.07, 6.45) is 7.24. The average molecular weight is 381 g/mol. The lowest BCUT2D eigenvalue weighted by molar-refractivity contribution is 0.254. The maximum atomic E-state index is 6.03. The van der Waals surface area contributed by atoms with E-state index in [4.69, 9.17) is 9.47 Å². The van der Waals surface area contributed by atoms with E-state index in [1.54, 1.807) is 13.3 Å². The molecule has 1 aliphatic rings. The average Bonchev–Trinajstić information content (AvgIpc) is 3.34. The SMILES string of the molecule is COc1ccc(Nc2nn(C)c3cnccc23)cc1OCCCN1CCCC1. The molecule has 0 atom stereocenters. The van der Waals surface area contributed by atoms with Gasteiger partial charge in [0.25, 0.3) is 0 Å². The van der Waals surface area contributed by atoms with E-state index in [-0.39, 0.29) is 0 Å². The molecular weight excluding hydrogens is 354 g/mol. The zero-order chi connectivity index (χ0) is 19.3. The summed E-state index contributed by atoms with van der Waals surface area (Å²) in [5.74, 6) is 2.28. The molecule has 3 heterocycles. The molecule has 0 spiro atoms. The number of hydrogen-bond acceptors (Lipinski definition) is 6. The largest absolute Gasteiger partial charge is 0.493 e. The van der Waals surface area contributed by atoms with Crippen molar-refractivity contribution in [3.63, 3.8) is 0 Å². The highest BCUT2D eigenvalue weighted by Gasteiger charge is 2.13. The van der Waals surface area contributed by atoms with Crippen molar-refractivity contribution < 1.29 is 9.47 Å². The number of ether oxygens (including phenoxy) is 2. The van der Waals surface area contributed by atoms with Gasteiger partial charge < -0.3 is 19.7 Å². The van der Waals surface area contributed by atoms with Crippen LogP contribution in [0.25, 0.3) is 10.9 Å². The molecule has 7 nitrogen and oxygen atoms in total. The summed E-state index contributed by atoms with van der Waals surface area (Å²) >= 11 is 0. The first kappa shape index (κ1) is 18.6. The van der Waals surface area contributed by atoms with Gasteiger partial charge >= 0.3 is 0 Å². The van der Waals surface area contributed by atoms with Crippen LogP contribution in [0.3, 0.4) is 0 Å². The fourth-order valence-electron chi connectivity index (χ4n) is 3.67. The van der Waals surface area contributed by atoms with E-state index in [2.05, 4.69) is 20.3 Å². The Balaban J connectivity index is 1.44. The second kappa shape index (κ2) is 8.48. The summed E-state index contributed by atoms with van der Waals surface area (Å²) in [6.45, 7) is 4.20. The van der Waals surface area contributed by atoms with E-state index >= 15 is 0 Å². The van der Waals surface area contributed by atoms with Gasteiger partial charge in [0.05, 0.1) is 25.4 Å². The number of aryl methyl sites for hydroxylation is 1. The van der Waals surface area contributed by atoms with Crippen LogP contribution in [0.2, 0.25) is 0 Å². The standard InChI is InChI=1S/C21H27N5O2/c1-25-18-15-22-9-8-17(18)21(24-25)23-16-6-7-19(27-2)20(14-16)28-13-5-12-26-10-3-4-11-26/h6-9,14-15H,3-5,10-13H2,1-2H3,(H,23,24). The molecule has 0 aliphatic carbocycles. The lowest BCUT2D eigenvalue weighted by atomic mass is 10.2. The van der Waals surface area contributed by atoms with E-state index in [1.165, 1.54) is 25.9 Å². The van der Waals surface area contributed by atoms with Gasteiger partial charge in [0.2, 0.25) is 0 Å². The predicted molar refractivity (Wildman–Crippen MR) is 111 cm³/mol. The molecule has 148 valence electrons. The van der Waals surface area contributed by atoms with Gasteiger partial charge in [-0.3, -0.25) is 9.67 Å². The second-order valence-electron chi connectivity index (χ2n) is 7.11. The summed E-state index contributed by atoms with van der Waals surface area (Å²) in [5.41, 5.74) is 1.89. The molecule has 1 saturated heterocycles. The highest BCUT2D eigenvalue weighted by molar-refractivity contribution is 5.91. The number of fused-ring (bicyclic) bond motifs is 1. The number of rotatable bonds is 8. The molecule has 4 rings (SSSR count). The molecule has 1 fully saturated rings. The molecule has 0 amide bonds. The molecule has 1 N–H and O–H groups in total. The Hall–Kier alpha value is -2.80. The first-order chi connectivity index (χ1) is 13.7. The Morgan fingerprint density at radius 1 is 1.14 bits per heavy atom. The van der Waals surface area contributed by atoms with Crippen LogP contribution < -0.4 is 14.8 Å². The Bertz CT molecular complexity index is 934. The number of aromatic nitrogens is 3. The van der Waals surface area contributed by atoms with E-state index in [9.17, 15) is 0 Å². The fraction of sp³-hybridized carbons (Fsp3) is 0.429. The van der Waals surface area contributed by atoms with Crippen molar-refractivity contribution in [1.82, 2.24) is 19.7 Å². The van der Waals surface area contributed by atoms with Crippen molar-refractivity contribution in [1.29, 1.82) is 0 Å². The van der Waals surface area contributed by atoms with Crippen molar-refractivity contribution in [2.75, 3.05) is 38.7 Å².